The summed E-state index contributed by atoms with van der Waals surface area (Å²) < 4.78 is 6.82. The van der Waals surface area contributed by atoms with E-state index in [1.165, 1.54) is 12.4 Å². The third-order valence-electron chi connectivity index (χ3n) is 1.72. The lowest BCUT2D eigenvalue weighted by Crippen LogP contribution is -2.22. The van der Waals surface area contributed by atoms with Gasteiger partial charge in [-0.2, -0.15) is 5.10 Å². The second-order valence-corrected chi connectivity index (χ2v) is 4.30. The summed E-state index contributed by atoms with van der Waals surface area (Å²) in [6, 6.07) is 0. The summed E-state index contributed by atoms with van der Waals surface area (Å²) in [7, 11) is 0. The molecule has 5 nitrogen and oxygen atoms in total. The van der Waals surface area contributed by atoms with E-state index < -0.39 is 5.60 Å². The van der Waals surface area contributed by atoms with Crippen LogP contribution in [-0.4, -0.2) is 26.3 Å². The van der Waals surface area contributed by atoms with Crippen molar-refractivity contribution in [3.63, 3.8) is 0 Å². The Morgan fingerprint density at radius 1 is 1.56 bits per heavy atom. The molecule has 0 aliphatic carbocycles. The van der Waals surface area contributed by atoms with E-state index in [2.05, 4.69) is 10.1 Å². The second-order valence-electron chi connectivity index (χ2n) is 4.30. The van der Waals surface area contributed by atoms with Crippen molar-refractivity contribution in [1.29, 1.82) is 0 Å². The van der Waals surface area contributed by atoms with Gasteiger partial charge in [-0.15, -0.1) is 0 Å². The molecule has 1 heterocycles. The molecule has 0 spiro atoms. The highest BCUT2D eigenvalue weighted by atomic mass is 16.6. The van der Waals surface area contributed by atoms with Gasteiger partial charge in [0.05, 0.1) is 0 Å². The van der Waals surface area contributed by atoms with Gasteiger partial charge >= 0.3 is 5.97 Å². The molecule has 0 fully saturated rings. The fourth-order valence-electron chi connectivity index (χ4n) is 1.12. The molecule has 88 valence electrons. The van der Waals surface area contributed by atoms with Crippen LogP contribution in [0.5, 0.6) is 0 Å². The second kappa shape index (κ2) is 4.92. The number of hydrogen-bond acceptors (Lipinski definition) is 4. The zero-order chi connectivity index (χ0) is 12.2. The molecule has 1 aromatic rings. The van der Waals surface area contributed by atoms with E-state index in [0.29, 0.717) is 12.4 Å². The minimum Gasteiger partial charge on any atom is -0.457 e. The highest BCUT2D eigenvalue weighted by Crippen LogP contribution is 2.07. The molecule has 0 saturated carbocycles. The topological polar surface area (TPSA) is 57.0 Å². The lowest BCUT2D eigenvalue weighted by atomic mass is 10.2. The van der Waals surface area contributed by atoms with Crippen LogP contribution in [0.2, 0.25) is 0 Å². The summed E-state index contributed by atoms with van der Waals surface area (Å²) in [5.74, 6) is 0.270. The van der Waals surface area contributed by atoms with E-state index in [4.69, 9.17) is 4.74 Å². The van der Waals surface area contributed by atoms with Gasteiger partial charge < -0.3 is 4.74 Å². The number of hydrogen-bond donors (Lipinski definition) is 0. The summed E-state index contributed by atoms with van der Waals surface area (Å²) in [5.41, 5.74) is -0.472. The zero-order valence-electron chi connectivity index (χ0n) is 10.1. The zero-order valence-corrected chi connectivity index (χ0v) is 10.1. The molecule has 1 aromatic heterocycles. The van der Waals surface area contributed by atoms with Crippen molar-refractivity contribution in [2.75, 3.05) is 0 Å². The van der Waals surface area contributed by atoms with E-state index in [9.17, 15) is 4.79 Å². The van der Waals surface area contributed by atoms with Gasteiger partial charge in [0.25, 0.3) is 0 Å². The molecule has 0 aliphatic heterocycles. The molecule has 5 heteroatoms. The summed E-state index contributed by atoms with van der Waals surface area (Å²) in [5, 5.41) is 3.99. The first kappa shape index (κ1) is 12.4. The standard InChI is InChI=1S/C11H17N3O2/c1-5-14-9(12-8-13-14)6-7-10(15)16-11(2,3)4/h6-8H,5H2,1-4H3/b7-6+. The quantitative estimate of drug-likeness (QED) is 0.577. The first-order chi connectivity index (χ1) is 7.42. The fraction of sp³-hybridized carbons (Fsp3) is 0.545. The predicted octanol–water partition coefficient (Wildman–Crippen LogP) is 1.65. The Morgan fingerprint density at radius 3 is 2.81 bits per heavy atom. The molecule has 16 heavy (non-hydrogen) atoms. The number of esters is 1. The van der Waals surface area contributed by atoms with E-state index >= 15 is 0 Å². The van der Waals surface area contributed by atoms with Crippen molar-refractivity contribution in [1.82, 2.24) is 14.8 Å². The highest BCUT2D eigenvalue weighted by Gasteiger charge is 2.14. The van der Waals surface area contributed by atoms with Gasteiger partial charge in [-0.25, -0.2) is 14.5 Å². The van der Waals surface area contributed by atoms with E-state index in [1.807, 2.05) is 27.7 Å². The molecular weight excluding hydrogens is 206 g/mol. The summed E-state index contributed by atoms with van der Waals surface area (Å²) in [6.07, 6.45) is 4.42. The Bertz CT molecular complexity index is 388. The number of aromatic nitrogens is 3. The SMILES string of the molecule is CCn1ncnc1/C=C/C(=O)OC(C)(C)C. The van der Waals surface area contributed by atoms with Crippen molar-refractivity contribution in [3.05, 3.63) is 18.2 Å². The lowest BCUT2D eigenvalue weighted by molar-refractivity contribution is -0.148. The van der Waals surface area contributed by atoms with E-state index in [-0.39, 0.29) is 5.97 Å². The van der Waals surface area contributed by atoms with Crippen molar-refractivity contribution < 1.29 is 9.53 Å². The van der Waals surface area contributed by atoms with E-state index in [1.54, 1.807) is 10.8 Å². The molecule has 0 saturated heterocycles. The molecule has 1 rings (SSSR count). The number of nitrogens with zero attached hydrogens (tertiary/aromatic N) is 3. The van der Waals surface area contributed by atoms with Crippen LogP contribution in [0.3, 0.4) is 0 Å². The largest absolute Gasteiger partial charge is 0.457 e. The van der Waals surface area contributed by atoms with Crippen molar-refractivity contribution in [3.8, 4) is 0 Å². The van der Waals surface area contributed by atoms with Crippen LogP contribution < -0.4 is 0 Å². The molecule has 0 N–H and O–H groups in total. The Labute approximate surface area is 95.1 Å². The van der Waals surface area contributed by atoms with Gasteiger partial charge in [-0.05, 0) is 33.8 Å². The Morgan fingerprint density at radius 2 is 2.25 bits per heavy atom. The lowest BCUT2D eigenvalue weighted by Gasteiger charge is -2.17. The maximum atomic E-state index is 11.4. The number of carbonyl (C=O) groups excluding carboxylic acids is 1. The summed E-state index contributed by atoms with van der Waals surface area (Å²) in [6.45, 7) is 8.15. The molecule has 0 unspecified atom stereocenters. The number of ether oxygens (including phenoxy) is 1. The van der Waals surface area contributed by atoms with Crippen LogP contribution in [0.1, 0.15) is 33.5 Å². The first-order valence-electron chi connectivity index (χ1n) is 5.21. The third kappa shape index (κ3) is 3.84. The van der Waals surface area contributed by atoms with Gasteiger partial charge in [0, 0.05) is 12.6 Å². The average molecular weight is 223 g/mol. The normalized spacial score (nSPS) is 12.0. The molecule has 0 aromatic carbocycles. The van der Waals surface area contributed by atoms with Crippen LogP contribution in [0, 0.1) is 0 Å². The Hall–Kier alpha value is -1.65. The molecule has 0 aliphatic rings. The van der Waals surface area contributed by atoms with Crippen LogP contribution >= 0.6 is 0 Å². The smallest absolute Gasteiger partial charge is 0.331 e. The molecular formula is C11H17N3O2. The van der Waals surface area contributed by atoms with E-state index in [0.717, 1.165) is 0 Å². The summed E-state index contributed by atoms with van der Waals surface area (Å²) in [4.78, 5) is 15.4. The van der Waals surface area contributed by atoms with Crippen molar-refractivity contribution >= 4 is 12.0 Å². The van der Waals surface area contributed by atoms with Crippen LogP contribution in [0.25, 0.3) is 6.08 Å². The van der Waals surface area contributed by atoms with Crippen LogP contribution in [0.15, 0.2) is 12.4 Å². The third-order valence-corrected chi connectivity index (χ3v) is 1.72. The van der Waals surface area contributed by atoms with Gasteiger partial charge in [0.2, 0.25) is 0 Å². The van der Waals surface area contributed by atoms with Crippen molar-refractivity contribution in [2.45, 2.75) is 39.8 Å². The highest BCUT2D eigenvalue weighted by molar-refractivity contribution is 5.86. The molecule has 0 amide bonds. The van der Waals surface area contributed by atoms with Gasteiger partial charge in [-0.1, -0.05) is 0 Å². The monoisotopic (exact) mass is 223 g/mol. The van der Waals surface area contributed by atoms with Gasteiger partial charge in [0.1, 0.15) is 11.9 Å². The molecule has 0 radical (unpaired) electrons. The number of rotatable bonds is 3. The van der Waals surface area contributed by atoms with Crippen LogP contribution in [0.4, 0.5) is 0 Å². The number of aryl methyl sites for hydroxylation is 1. The molecule has 0 atom stereocenters. The minimum absolute atomic E-state index is 0.377. The number of carbonyl (C=O) groups is 1. The van der Waals surface area contributed by atoms with Gasteiger partial charge in [0.15, 0.2) is 5.82 Å². The first-order valence-corrected chi connectivity index (χ1v) is 5.21. The Balaban J connectivity index is 2.64. The average Bonchev–Trinajstić information content (AvgIpc) is 2.59. The van der Waals surface area contributed by atoms with Crippen LogP contribution in [-0.2, 0) is 16.1 Å². The predicted molar refractivity (Wildman–Crippen MR) is 60.6 cm³/mol. The molecule has 0 bridgehead atoms. The summed E-state index contributed by atoms with van der Waals surface area (Å²) >= 11 is 0. The van der Waals surface area contributed by atoms with Gasteiger partial charge in [-0.3, -0.25) is 0 Å². The Kier molecular flexibility index (Phi) is 3.82. The maximum Gasteiger partial charge on any atom is 0.331 e. The minimum atomic E-state index is -0.472. The fourth-order valence-corrected chi connectivity index (χ4v) is 1.12. The van der Waals surface area contributed by atoms with Crippen molar-refractivity contribution in [2.24, 2.45) is 0 Å². The maximum absolute atomic E-state index is 11.4.